The molecule has 1 rings (SSSR count). The average molecular weight is 257 g/mol. The lowest BCUT2D eigenvalue weighted by Crippen LogP contribution is -2.39. The van der Waals surface area contributed by atoms with Gasteiger partial charge in [-0.15, -0.1) is 0 Å². The Hall–Kier alpha value is -0.610. The Morgan fingerprint density at radius 2 is 2.11 bits per heavy atom. The van der Waals surface area contributed by atoms with E-state index in [1.165, 1.54) is 32.1 Å². The molecule has 4 nitrogen and oxygen atoms in total. The number of esters is 1. The number of hydrogen-bond donors (Lipinski definition) is 2. The van der Waals surface area contributed by atoms with E-state index >= 15 is 0 Å². The summed E-state index contributed by atoms with van der Waals surface area (Å²) in [7, 11) is 0. The lowest BCUT2D eigenvalue weighted by atomic mass is 9.97. The van der Waals surface area contributed by atoms with Crippen LogP contribution in [-0.2, 0) is 9.53 Å². The molecule has 3 atom stereocenters. The Kier molecular flexibility index (Phi) is 7.28. The molecule has 1 fully saturated rings. The normalized spacial score (nSPS) is 26.4. The third-order valence-corrected chi connectivity index (χ3v) is 3.68. The van der Waals surface area contributed by atoms with Crippen LogP contribution in [0.25, 0.3) is 0 Å². The molecule has 18 heavy (non-hydrogen) atoms. The van der Waals surface area contributed by atoms with Crippen molar-refractivity contribution in [2.45, 2.75) is 64.5 Å². The highest BCUT2D eigenvalue weighted by molar-refractivity contribution is 5.69. The second-order valence-corrected chi connectivity index (χ2v) is 5.29. The van der Waals surface area contributed by atoms with Crippen molar-refractivity contribution in [1.82, 2.24) is 5.32 Å². The van der Waals surface area contributed by atoms with Crippen molar-refractivity contribution in [1.29, 1.82) is 0 Å². The number of rotatable bonds is 6. The Morgan fingerprint density at radius 3 is 2.83 bits per heavy atom. The molecule has 0 aromatic heterocycles. The van der Waals surface area contributed by atoms with E-state index < -0.39 is 6.10 Å². The van der Waals surface area contributed by atoms with Crippen molar-refractivity contribution in [2.75, 3.05) is 13.2 Å². The molecule has 0 saturated heterocycles. The molecule has 1 aliphatic rings. The van der Waals surface area contributed by atoms with Gasteiger partial charge in [-0.3, -0.25) is 4.79 Å². The molecular formula is C14H27NO3. The second-order valence-electron chi connectivity index (χ2n) is 5.29. The van der Waals surface area contributed by atoms with Crippen LogP contribution in [0.1, 0.15) is 52.4 Å². The van der Waals surface area contributed by atoms with Crippen molar-refractivity contribution in [3.05, 3.63) is 0 Å². The van der Waals surface area contributed by atoms with Gasteiger partial charge in [0.1, 0.15) is 0 Å². The van der Waals surface area contributed by atoms with Crippen LogP contribution in [0, 0.1) is 5.92 Å². The molecule has 0 aromatic rings. The van der Waals surface area contributed by atoms with Gasteiger partial charge in [0.15, 0.2) is 0 Å². The highest BCUT2D eigenvalue weighted by atomic mass is 16.5. The minimum absolute atomic E-state index is 0.0853. The molecule has 3 unspecified atom stereocenters. The first-order valence-corrected chi connectivity index (χ1v) is 7.20. The average Bonchev–Trinajstić information content (AvgIpc) is 2.51. The number of ether oxygens (including phenoxy) is 1. The molecule has 0 aliphatic heterocycles. The highest BCUT2D eigenvalue weighted by Crippen LogP contribution is 2.22. The standard InChI is InChI=1S/C14H27NO3/c1-3-18-14(17)9-12(16)10-15-13-8-6-4-5-7-11(13)2/h11-13,15-16H,3-10H2,1-2H3. The van der Waals surface area contributed by atoms with E-state index in [0.717, 1.165) is 0 Å². The fraction of sp³-hybridized carbons (Fsp3) is 0.929. The van der Waals surface area contributed by atoms with Crippen LogP contribution in [0.4, 0.5) is 0 Å². The van der Waals surface area contributed by atoms with E-state index in [2.05, 4.69) is 12.2 Å². The Labute approximate surface area is 110 Å². The van der Waals surface area contributed by atoms with E-state index in [9.17, 15) is 9.90 Å². The third kappa shape index (κ3) is 5.83. The predicted molar refractivity (Wildman–Crippen MR) is 71.3 cm³/mol. The number of carbonyl (C=O) groups is 1. The van der Waals surface area contributed by atoms with Gasteiger partial charge < -0.3 is 15.2 Å². The number of carbonyl (C=O) groups excluding carboxylic acids is 1. The first-order valence-electron chi connectivity index (χ1n) is 7.20. The second kappa shape index (κ2) is 8.48. The molecule has 1 aliphatic carbocycles. The molecule has 2 N–H and O–H groups in total. The Morgan fingerprint density at radius 1 is 1.39 bits per heavy atom. The third-order valence-electron chi connectivity index (χ3n) is 3.68. The summed E-state index contributed by atoms with van der Waals surface area (Å²) in [4.78, 5) is 11.2. The summed E-state index contributed by atoms with van der Waals surface area (Å²) in [6.45, 7) is 4.89. The number of nitrogens with one attached hydrogen (secondary N) is 1. The summed E-state index contributed by atoms with van der Waals surface area (Å²) in [5.41, 5.74) is 0. The molecule has 1 saturated carbocycles. The molecule has 0 spiro atoms. The summed E-state index contributed by atoms with van der Waals surface area (Å²) in [5, 5.41) is 13.2. The Bertz CT molecular complexity index is 245. The SMILES string of the molecule is CCOC(=O)CC(O)CNC1CCCCCC1C. The van der Waals surface area contributed by atoms with Gasteiger partial charge in [0.05, 0.1) is 19.1 Å². The molecule has 0 amide bonds. The van der Waals surface area contributed by atoms with Crippen LogP contribution in [0.15, 0.2) is 0 Å². The van der Waals surface area contributed by atoms with E-state index in [1.54, 1.807) is 6.92 Å². The fourth-order valence-electron chi connectivity index (χ4n) is 2.57. The smallest absolute Gasteiger partial charge is 0.308 e. The lowest BCUT2D eigenvalue weighted by Gasteiger charge is -2.24. The van der Waals surface area contributed by atoms with E-state index in [0.29, 0.717) is 25.1 Å². The van der Waals surface area contributed by atoms with Gasteiger partial charge >= 0.3 is 5.97 Å². The first kappa shape index (κ1) is 15.4. The Balaban J connectivity index is 2.23. The van der Waals surface area contributed by atoms with Crippen molar-refractivity contribution < 1.29 is 14.6 Å². The zero-order valence-corrected chi connectivity index (χ0v) is 11.7. The number of aliphatic hydroxyl groups is 1. The number of aliphatic hydroxyl groups excluding tert-OH is 1. The minimum Gasteiger partial charge on any atom is -0.466 e. The minimum atomic E-state index is -0.639. The topological polar surface area (TPSA) is 58.6 Å². The van der Waals surface area contributed by atoms with E-state index in [1.807, 2.05) is 0 Å². The maximum absolute atomic E-state index is 11.2. The lowest BCUT2D eigenvalue weighted by molar-refractivity contribution is -0.145. The first-order chi connectivity index (χ1) is 8.63. The molecule has 4 heteroatoms. The molecule has 0 heterocycles. The fourth-order valence-corrected chi connectivity index (χ4v) is 2.57. The van der Waals surface area contributed by atoms with Crippen LogP contribution in [-0.4, -0.2) is 36.4 Å². The molecule has 0 aromatic carbocycles. The molecule has 0 bridgehead atoms. The largest absolute Gasteiger partial charge is 0.466 e. The predicted octanol–water partition coefficient (Wildman–Crippen LogP) is 1.86. The summed E-state index contributed by atoms with van der Waals surface area (Å²) in [5.74, 6) is 0.336. The zero-order chi connectivity index (χ0) is 13.4. The molecule has 106 valence electrons. The van der Waals surface area contributed by atoms with Crippen molar-refractivity contribution in [2.24, 2.45) is 5.92 Å². The van der Waals surface area contributed by atoms with Crippen LogP contribution in [0.3, 0.4) is 0 Å². The van der Waals surface area contributed by atoms with Crippen LogP contribution < -0.4 is 5.32 Å². The van der Waals surface area contributed by atoms with Crippen molar-refractivity contribution in [3.63, 3.8) is 0 Å². The zero-order valence-electron chi connectivity index (χ0n) is 11.7. The maximum Gasteiger partial charge on any atom is 0.308 e. The number of hydrogen-bond acceptors (Lipinski definition) is 4. The summed E-state index contributed by atoms with van der Waals surface area (Å²) >= 11 is 0. The van der Waals surface area contributed by atoms with Gasteiger partial charge in [-0.05, 0) is 25.7 Å². The highest BCUT2D eigenvalue weighted by Gasteiger charge is 2.20. The maximum atomic E-state index is 11.2. The summed E-state index contributed by atoms with van der Waals surface area (Å²) in [6.07, 6.45) is 5.76. The molecular weight excluding hydrogens is 230 g/mol. The van der Waals surface area contributed by atoms with Gasteiger partial charge in [0, 0.05) is 12.6 Å². The quantitative estimate of drug-likeness (QED) is 0.563. The van der Waals surface area contributed by atoms with Crippen molar-refractivity contribution >= 4 is 5.97 Å². The van der Waals surface area contributed by atoms with Gasteiger partial charge in [-0.25, -0.2) is 0 Å². The van der Waals surface area contributed by atoms with E-state index in [-0.39, 0.29) is 12.4 Å². The van der Waals surface area contributed by atoms with Gasteiger partial charge in [0.2, 0.25) is 0 Å². The van der Waals surface area contributed by atoms with Crippen LogP contribution >= 0.6 is 0 Å². The van der Waals surface area contributed by atoms with Crippen LogP contribution in [0.5, 0.6) is 0 Å². The monoisotopic (exact) mass is 257 g/mol. The summed E-state index contributed by atoms with van der Waals surface area (Å²) in [6, 6.07) is 0.476. The van der Waals surface area contributed by atoms with Gasteiger partial charge in [-0.2, -0.15) is 0 Å². The summed E-state index contributed by atoms with van der Waals surface area (Å²) < 4.78 is 4.82. The van der Waals surface area contributed by atoms with Crippen molar-refractivity contribution in [3.8, 4) is 0 Å². The van der Waals surface area contributed by atoms with Crippen LogP contribution in [0.2, 0.25) is 0 Å². The van der Waals surface area contributed by atoms with Gasteiger partial charge in [0.25, 0.3) is 0 Å². The van der Waals surface area contributed by atoms with E-state index in [4.69, 9.17) is 4.74 Å². The van der Waals surface area contributed by atoms with Gasteiger partial charge in [-0.1, -0.05) is 26.2 Å². The molecule has 0 radical (unpaired) electrons.